The Morgan fingerprint density at radius 3 is 2.58 bits per heavy atom. The van der Waals surface area contributed by atoms with Crippen molar-refractivity contribution in [1.82, 2.24) is 9.62 Å². The van der Waals surface area contributed by atoms with E-state index in [0.29, 0.717) is 19.6 Å². The lowest BCUT2D eigenvalue weighted by Gasteiger charge is -2.16. The zero-order valence-corrected chi connectivity index (χ0v) is 14.9. The first-order valence-corrected chi connectivity index (χ1v) is 9.98. The predicted molar refractivity (Wildman–Crippen MR) is 90.9 cm³/mol. The number of hydrogen-bond donors (Lipinski definition) is 1. The fourth-order valence-corrected chi connectivity index (χ4v) is 4.37. The number of unbranched alkanes of at least 4 members (excludes halogenated alkanes) is 3. The van der Waals surface area contributed by atoms with E-state index in [1.54, 1.807) is 0 Å². The first-order chi connectivity index (χ1) is 11.5. The van der Waals surface area contributed by atoms with Gasteiger partial charge in [0.05, 0.1) is 0 Å². The fourth-order valence-electron chi connectivity index (χ4n) is 2.77. The molecule has 7 heteroatoms. The smallest absolute Gasteiger partial charge is 0.251 e. The van der Waals surface area contributed by atoms with E-state index in [1.165, 1.54) is 10.4 Å². The predicted octanol–water partition coefficient (Wildman–Crippen LogP) is 2.92. The molecule has 134 valence electrons. The Bertz CT molecular complexity index is 670. The van der Waals surface area contributed by atoms with E-state index < -0.39 is 20.7 Å². The van der Waals surface area contributed by atoms with Gasteiger partial charge >= 0.3 is 0 Å². The Labute approximate surface area is 143 Å². The van der Waals surface area contributed by atoms with Gasteiger partial charge in [0.2, 0.25) is 10.0 Å². The number of rotatable bonds is 8. The van der Waals surface area contributed by atoms with E-state index in [0.717, 1.165) is 50.7 Å². The van der Waals surface area contributed by atoms with Crippen LogP contribution in [0.25, 0.3) is 0 Å². The molecule has 0 saturated carbocycles. The van der Waals surface area contributed by atoms with E-state index in [4.69, 9.17) is 0 Å². The normalized spacial score (nSPS) is 15.6. The molecular formula is C17H25FN2O3S. The molecule has 1 aromatic rings. The SMILES string of the molecule is CCCCCCNC(=O)c1ccc(F)c(S(=O)(=O)N2CCCC2)c1. The molecule has 1 heterocycles. The molecule has 5 nitrogen and oxygen atoms in total. The minimum Gasteiger partial charge on any atom is -0.352 e. The van der Waals surface area contributed by atoms with Crippen LogP contribution in [0.3, 0.4) is 0 Å². The molecule has 24 heavy (non-hydrogen) atoms. The Kier molecular flexibility index (Phi) is 6.74. The van der Waals surface area contributed by atoms with Crippen molar-refractivity contribution in [3.05, 3.63) is 29.6 Å². The Hall–Kier alpha value is -1.47. The van der Waals surface area contributed by atoms with Crippen molar-refractivity contribution in [1.29, 1.82) is 0 Å². The summed E-state index contributed by atoms with van der Waals surface area (Å²) in [4.78, 5) is 11.7. The Morgan fingerprint density at radius 2 is 1.92 bits per heavy atom. The number of benzene rings is 1. The molecule has 1 saturated heterocycles. The molecule has 0 radical (unpaired) electrons. The van der Waals surface area contributed by atoms with Crippen molar-refractivity contribution in [3.63, 3.8) is 0 Å². The summed E-state index contributed by atoms with van der Waals surface area (Å²) in [5.41, 5.74) is 0.171. The molecule has 1 fully saturated rings. The van der Waals surface area contributed by atoms with E-state index in [-0.39, 0.29) is 11.5 Å². The molecule has 0 unspecified atom stereocenters. The van der Waals surface area contributed by atoms with Crippen molar-refractivity contribution in [2.45, 2.75) is 50.3 Å². The van der Waals surface area contributed by atoms with Crippen molar-refractivity contribution in [2.24, 2.45) is 0 Å². The molecule has 0 spiro atoms. The van der Waals surface area contributed by atoms with Gasteiger partial charge in [-0.3, -0.25) is 4.79 Å². The van der Waals surface area contributed by atoms with Crippen LogP contribution in [0.4, 0.5) is 4.39 Å². The van der Waals surface area contributed by atoms with E-state index in [9.17, 15) is 17.6 Å². The van der Waals surface area contributed by atoms with Gasteiger partial charge in [0, 0.05) is 25.2 Å². The quantitative estimate of drug-likeness (QED) is 0.728. The molecule has 1 amide bonds. The van der Waals surface area contributed by atoms with Crippen LogP contribution in [0, 0.1) is 5.82 Å². The highest BCUT2D eigenvalue weighted by Crippen LogP contribution is 2.24. The van der Waals surface area contributed by atoms with Crippen LogP contribution in [0.15, 0.2) is 23.1 Å². The highest BCUT2D eigenvalue weighted by atomic mass is 32.2. The third kappa shape index (κ3) is 4.54. The average molecular weight is 356 g/mol. The second-order valence-corrected chi connectivity index (χ2v) is 7.98. The lowest BCUT2D eigenvalue weighted by Crippen LogP contribution is -2.29. The summed E-state index contributed by atoms with van der Waals surface area (Å²) in [5, 5.41) is 2.76. The highest BCUT2D eigenvalue weighted by molar-refractivity contribution is 7.89. The van der Waals surface area contributed by atoms with Crippen LogP contribution >= 0.6 is 0 Å². The van der Waals surface area contributed by atoms with Crippen LogP contribution in [-0.2, 0) is 10.0 Å². The Balaban J connectivity index is 2.09. The third-order valence-corrected chi connectivity index (χ3v) is 6.11. The van der Waals surface area contributed by atoms with E-state index in [1.807, 2.05) is 0 Å². The molecule has 0 bridgehead atoms. The standard InChI is InChI=1S/C17H25FN2O3S/c1-2-3-4-5-10-19-17(21)14-8-9-15(18)16(13-14)24(22,23)20-11-6-7-12-20/h8-9,13H,2-7,10-12H2,1H3,(H,19,21). The summed E-state index contributed by atoms with van der Waals surface area (Å²) in [7, 11) is -3.88. The summed E-state index contributed by atoms with van der Waals surface area (Å²) < 4.78 is 40.3. The number of nitrogens with zero attached hydrogens (tertiary/aromatic N) is 1. The van der Waals surface area contributed by atoms with Gasteiger partial charge in [-0.15, -0.1) is 0 Å². The molecule has 1 aliphatic rings. The van der Waals surface area contributed by atoms with Crippen LogP contribution in [-0.4, -0.2) is 38.3 Å². The molecule has 1 aliphatic heterocycles. The highest BCUT2D eigenvalue weighted by Gasteiger charge is 2.30. The summed E-state index contributed by atoms with van der Waals surface area (Å²) >= 11 is 0. The molecule has 0 atom stereocenters. The van der Waals surface area contributed by atoms with Gasteiger partial charge in [-0.2, -0.15) is 4.31 Å². The lowest BCUT2D eigenvalue weighted by atomic mass is 10.2. The van der Waals surface area contributed by atoms with Gasteiger partial charge in [-0.1, -0.05) is 26.2 Å². The molecule has 1 N–H and O–H groups in total. The number of carbonyl (C=O) groups is 1. The van der Waals surface area contributed by atoms with Gasteiger partial charge in [0.25, 0.3) is 5.91 Å². The second-order valence-electron chi connectivity index (χ2n) is 6.07. The second kappa shape index (κ2) is 8.58. The number of carbonyl (C=O) groups excluding carboxylic acids is 1. The maximum Gasteiger partial charge on any atom is 0.251 e. The molecule has 1 aromatic carbocycles. The van der Waals surface area contributed by atoms with Gasteiger partial charge in [-0.05, 0) is 37.5 Å². The number of sulfonamides is 1. The number of hydrogen-bond acceptors (Lipinski definition) is 3. The average Bonchev–Trinajstić information content (AvgIpc) is 3.10. The van der Waals surface area contributed by atoms with Crippen LogP contribution in [0.1, 0.15) is 55.8 Å². The first kappa shape index (κ1) is 18.9. The summed E-state index contributed by atoms with van der Waals surface area (Å²) in [6, 6.07) is 3.51. The van der Waals surface area contributed by atoms with Gasteiger partial charge in [0.1, 0.15) is 10.7 Å². The number of nitrogens with one attached hydrogen (secondary N) is 1. The number of amides is 1. The van der Waals surface area contributed by atoms with E-state index >= 15 is 0 Å². The maximum absolute atomic E-state index is 14.0. The van der Waals surface area contributed by atoms with Crippen LogP contribution in [0.2, 0.25) is 0 Å². The molecule has 2 rings (SSSR count). The third-order valence-electron chi connectivity index (χ3n) is 4.19. The fraction of sp³-hybridized carbons (Fsp3) is 0.588. The maximum atomic E-state index is 14.0. The van der Waals surface area contributed by atoms with Crippen LogP contribution in [0.5, 0.6) is 0 Å². The molecule has 0 aromatic heterocycles. The van der Waals surface area contributed by atoms with Crippen molar-refractivity contribution < 1.29 is 17.6 Å². The summed E-state index contributed by atoms with van der Waals surface area (Å²) in [6.45, 7) is 3.44. The van der Waals surface area contributed by atoms with Crippen molar-refractivity contribution in [2.75, 3.05) is 19.6 Å². The molecule has 0 aliphatic carbocycles. The summed E-state index contributed by atoms with van der Waals surface area (Å²) in [5.74, 6) is -1.19. The van der Waals surface area contributed by atoms with Gasteiger partial charge < -0.3 is 5.32 Å². The van der Waals surface area contributed by atoms with Gasteiger partial charge in [-0.25, -0.2) is 12.8 Å². The van der Waals surface area contributed by atoms with Crippen molar-refractivity contribution >= 4 is 15.9 Å². The van der Waals surface area contributed by atoms with E-state index in [2.05, 4.69) is 12.2 Å². The Morgan fingerprint density at radius 1 is 1.21 bits per heavy atom. The largest absolute Gasteiger partial charge is 0.352 e. The first-order valence-electron chi connectivity index (χ1n) is 8.54. The minimum absolute atomic E-state index is 0.171. The van der Waals surface area contributed by atoms with Gasteiger partial charge in [0.15, 0.2) is 0 Å². The lowest BCUT2D eigenvalue weighted by molar-refractivity contribution is 0.0952. The van der Waals surface area contributed by atoms with Crippen LogP contribution < -0.4 is 5.32 Å². The van der Waals surface area contributed by atoms with Crippen molar-refractivity contribution in [3.8, 4) is 0 Å². The topological polar surface area (TPSA) is 66.5 Å². The molecular weight excluding hydrogens is 331 g/mol. The monoisotopic (exact) mass is 356 g/mol. The zero-order valence-electron chi connectivity index (χ0n) is 14.1. The zero-order chi connectivity index (χ0) is 17.6. The minimum atomic E-state index is -3.88. The summed E-state index contributed by atoms with van der Waals surface area (Å²) in [6.07, 6.45) is 5.69. The number of halogens is 1.